The molecule has 0 aromatic carbocycles. The third kappa shape index (κ3) is 3.74. The van der Waals surface area contributed by atoms with Crippen LogP contribution in [0.15, 0.2) is 29.4 Å². The van der Waals surface area contributed by atoms with E-state index >= 15 is 0 Å². The molecule has 0 saturated heterocycles. The summed E-state index contributed by atoms with van der Waals surface area (Å²) in [5, 5.41) is 1.11. The highest BCUT2D eigenvalue weighted by Crippen LogP contribution is 2.15. The molecule has 0 amide bonds. The minimum Gasteiger partial charge on any atom is -0.330 e. The van der Waals surface area contributed by atoms with Gasteiger partial charge >= 0.3 is 0 Å². The molecule has 0 unspecified atom stereocenters. The highest BCUT2D eigenvalue weighted by atomic mass is 32.2. The lowest BCUT2D eigenvalue weighted by molar-refractivity contribution is 0.814. The van der Waals surface area contributed by atoms with Crippen molar-refractivity contribution in [2.24, 2.45) is 5.73 Å². The lowest BCUT2D eigenvalue weighted by Gasteiger charge is -1.98. The predicted octanol–water partition coefficient (Wildman–Crippen LogP) is 1.91. The summed E-state index contributed by atoms with van der Waals surface area (Å²) in [5.74, 6) is 1.12. The van der Waals surface area contributed by atoms with Crippen molar-refractivity contribution in [3.63, 3.8) is 0 Å². The van der Waals surface area contributed by atoms with Crippen molar-refractivity contribution in [3.05, 3.63) is 24.4 Å². The highest BCUT2D eigenvalue weighted by Gasteiger charge is 1.92. The number of thioether (sulfide) groups is 1. The Morgan fingerprint density at radius 1 is 1.33 bits per heavy atom. The maximum Gasteiger partial charge on any atom is 0.0959 e. The fraction of sp³-hybridized carbons (Fsp3) is 0.444. The first-order valence-electron chi connectivity index (χ1n) is 4.17. The number of hydrogen-bond acceptors (Lipinski definition) is 3. The Morgan fingerprint density at radius 3 is 2.92 bits per heavy atom. The number of hydrogen-bond donors (Lipinski definition) is 1. The number of aromatic nitrogens is 1. The van der Waals surface area contributed by atoms with E-state index in [4.69, 9.17) is 5.73 Å². The lowest BCUT2D eigenvalue weighted by Crippen LogP contribution is -1.98. The van der Waals surface area contributed by atoms with E-state index in [9.17, 15) is 0 Å². The molecule has 0 atom stereocenters. The molecule has 12 heavy (non-hydrogen) atoms. The summed E-state index contributed by atoms with van der Waals surface area (Å²) in [6.45, 7) is 0.794. The van der Waals surface area contributed by atoms with Gasteiger partial charge in [0.25, 0.3) is 0 Å². The smallest absolute Gasteiger partial charge is 0.0959 e. The van der Waals surface area contributed by atoms with E-state index in [-0.39, 0.29) is 0 Å². The highest BCUT2D eigenvalue weighted by molar-refractivity contribution is 7.99. The second kappa shape index (κ2) is 6.03. The number of pyridine rings is 1. The first-order valence-corrected chi connectivity index (χ1v) is 5.16. The van der Waals surface area contributed by atoms with E-state index in [0.29, 0.717) is 0 Å². The number of unbranched alkanes of at least 4 members (excludes halogenated alkanes) is 1. The topological polar surface area (TPSA) is 38.9 Å². The lowest BCUT2D eigenvalue weighted by atomic mass is 10.3. The third-order valence-electron chi connectivity index (χ3n) is 1.49. The molecule has 0 spiro atoms. The Morgan fingerprint density at radius 2 is 2.25 bits per heavy atom. The Labute approximate surface area is 77.6 Å². The Bertz CT molecular complexity index is 201. The molecule has 1 rings (SSSR count). The van der Waals surface area contributed by atoms with Crippen LogP contribution in [0.5, 0.6) is 0 Å². The van der Waals surface area contributed by atoms with Crippen molar-refractivity contribution in [2.75, 3.05) is 12.3 Å². The normalized spacial score (nSPS) is 10.1. The summed E-state index contributed by atoms with van der Waals surface area (Å²) >= 11 is 1.79. The number of nitrogens with zero attached hydrogens (tertiary/aromatic N) is 1. The molecule has 0 fully saturated rings. The first-order chi connectivity index (χ1) is 5.93. The van der Waals surface area contributed by atoms with Gasteiger partial charge in [0.15, 0.2) is 0 Å². The monoisotopic (exact) mass is 182 g/mol. The van der Waals surface area contributed by atoms with Gasteiger partial charge < -0.3 is 5.73 Å². The van der Waals surface area contributed by atoms with Gasteiger partial charge in [0.05, 0.1) is 5.03 Å². The Hall–Kier alpha value is -0.540. The molecule has 0 saturated carbocycles. The van der Waals surface area contributed by atoms with Crippen molar-refractivity contribution < 1.29 is 0 Å². The van der Waals surface area contributed by atoms with E-state index in [2.05, 4.69) is 4.98 Å². The van der Waals surface area contributed by atoms with Crippen molar-refractivity contribution in [1.29, 1.82) is 0 Å². The van der Waals surface area contributed by atoms with Crippen LogP contribution in [-0.4, -0.2) is 17.3 Å². The van der Waals surface area contributed by atoms with Gasteiger partial charge in [-0.1, -0.05) is 6.07 Å². The summed E-state index contributed by atoms with van der Waals surface area (Å²) in [4.78, 5) is 4.21. The minimum atomic E-state index is 0.794. The molecular weight excluding hydrogens is 168 g/mol. The van der Waals surface area contributed by atoms with Crippen LogP contribution in [0, 0.1) is 0 Å². The minimum absolute atomic E-state index is 0.794. The number of nitrogens with two attached hydrogens (primary N) is 1. The van der Waals surface area contributed by atoms with Crippen molar-refractivity contribution in [1.82, 2.24) is 4.98 Å². The third-order valence-corrected chi connectivity index (χ3v) is 2.52. The van der Waals surface area contributed by atoms with Gasteiger partial charge in [0.1, 0.15) is 0 Å². The fourth-order valence-corrected chi connectivity index (χ4v) is 1.72. The average molecular weight is 182 g/mol. The number of rotatable bonds is 5. The van der Waals surface area contributed by atoms with Crippen molar-refractivity contribution in [3.8, 4) is 0 Å². The van der Waals surface area contributed by atoms with Crippen LogP contribution in [0.4, 0.5) is 0 Å². The molecule has 2 nitrogen and oxygen atoms in total. The molecule has 2 N–H and O–H groups in total. The second-order valence-electron chi connectivity index (χ2n) is 2.51. The van der Waals surface area contributed by atoms with Crippen LogP contribution in [0.3, 0.4) is 0 Å². The van der Waals surface area contributed by atoms with E-state index in [1.165, 1.54) is 6.42 Å². The summed E-state index contributed by atoms with van der Waals surface area (Å²) in [7, 11) is 0. The molecule has 0 bridgehead atoms. The molecule has 3 heteroatoms. The quantitative estimate of drug-likeness (QED) is 0.558. The van der Waals surface area contributed by atoms with Crippen LogP contribution in [0.2, 0.25) is 0 Å². The molecule has 66 valence electrons. The standard InChI is InChI=1S/C9H14N2S/c10-6-2-4-8-12-9-5-1-3-7-11-9/h1,3,5,7H,2,4,6,8,10H2. The zero-order valence-corrected chi connectivity index (χ0v) is 7.89. The zero-order valence-electron chi connectivity index (χ0n) is 7.07. The molecule has 0 radical (unpaired) electrons. The van der Waals surface area contributed by atoms with Gasteiger partial charge in [-0.15, -0.1) is 11.8 Å². The van der Waals surface area contributed by atoms with Crippen molar-refractivity contribution in [2.45, 2.75) is 17.9 Å². The molecule has 0 aliphatic rings. The zero-order chi connectivity index (χ0) is 8.65. The average Bonchev–Trinajstić information content (AvgIpc) is 2.14. The summed E-state index contributed by atoms with van der Waals surface area (Å²) in [5.41, 5.74) is 5.38. The maximum absolute atomic E-state index is 5.38. The Balaban J connectivity index is 2.16. The summed E-state index contributed by atoms with van der Waals surface area (Å²) in [6.07, 6.45) is 4.11. The summed E-state index contributed by atoms with van der Waals surface area (Å²) in [6, 6.07) is 5.98. The summed E-state index contributed by atoms with van der Waals surface area (Å²) < 4.78 is 0. The molecular formula is C9H14N2S. The van der Waals surface area contributed by atoms with Gasteiger partial charge in [-0.05, 0) is 37.3 Å². The van der Waals surface area contributed by atoms with E-state index < -0.39 is 0 Å². The van der Waals surface area contributed by atoms with E-state index in [1.807, 2.05) is 24.4 Å². The van der Waals surface area contributed by atoms with Crippen molar-refractivity contribution >= 4 is 11.8 Å². The Kier molecular flexibility index (Phi) is 4.80. The molecule has 1 heterocycles. The van der Waals surface area contributed by atoms with Crippen LogP contribution >= 0.6 is 11.8 Å². The van der Waals surface area contributed by atoms with E-state index in [1.54, 1.807) is 11.8 Å². The first kappa shape index (κ1) is 9.55. The van der Waals surface area contributed by atoms with Gasteiger partial charge in [0, 0.05) is 6.20 Å². The predicted molar refractivity (Wildman–Crippen MR) is 53.2 cm³/mol. The van der Waals surface area contributed by atoms with Crippen LogP contribution in [-0.2, 0) is 0 Å². The second-order valence-corrected chi connectivity index (χ2v) is 3.63. The van der Waals surface area contributed by atoms with Gasteiger partial charge in [-0.2, -0.15) is 0 Å². The fourth-order valence-electron chi connectivity index (χ4n) is 0.856. The van der Waals surface area contributed by atoms with Crippen LogP contribution < -0.4 is 5.73 Å². The molecule has 1 aromatic heterocycles. The maximum atomic E-state index is 5.38. The molecule has 0 aliphatic heterocycles. The van der Waals surface area contributed by atoms with Gasteiger partial charge in [0.2, 0.25) is 0 Å². The van der Waals surface area contributed by atoms with E-state index in [0.717, 1.165) is 23.7 Å². The molecule has 1 aromatic rings. The SMILES string of the molecule is NCCCCSc1ccccn1. The van der Waals surface area contributed by atoms with Gasteiger partial charge in [-0.25, -0.2) is 4.98 Å². The molecule has 0 aliphatic carbocycles. The largest absolute Gasteiger partial charge is 0.330 e. The van der Waals surface area contributed by atoms with Gasteiger partial charge in [-0.3, -0.25) is 0 Å². The van der Waals surface area contributed by atoms with Crippen LogP contribution in [0.1, 0.15) is 12.8 Å². The van der Waals surface area contributed by atoms with Crippen LogP contribution in [0.25, 0.3) is 0 Å².